The van der Waals surface area contributed by atoms with Crippen LogP contribution in [0.15, 0.2) is 54.6 Å². The molecule has 2 nitrogen and oxygen atoms in total. The van der Waals surface area contributed by atoms with Gasteiger partial charge in [-0.2, -0.15) is 5.26 Å². The number of rotatable bonds is 3. The highest BCUT2D eigenvalue weighted by atomic mass is 35.5. The van der Waals surface area contributed by atoms with Crippen molar-refractivity contribution in [1.29, 1.82) is 5.26 Å². The molecule has 0 saturated carbocycles. The summed E-state index contributed by atoms with van der Waals surface area (Å²) in [5, 5.41) is 10.9. The normalized spacial score (nSPS) is 10.4. The van der Waals surface area contributed by atoms with Crippen molar-refractivity contribution >= 4 is 29.0 Å². The van der Waals surface area contributed by atoms with E-state index in [1.54, 1.807) is 36.4 Å². The summed E-state index contributed by atoms with van der Waals surface area (Å²) in [5.74, 6) is -0.115. The van der Waals surface area contributed by atoms with E-state index in [4.69, 9.17) is 23.2 Å². The van der Waals surface area contributed by atoms with Gasteiger partial charge in [0.15, 0.2) is 5.78 Å². The fraction of sp³-hybridized carbons (Fsp3) is 0.0909. The summed E-state index contributed by atoms with van der Waals surface area (Å²) in [6.45, 7) is 3.70. The standard InChI is InChI=1S/C22H15Cl2NO/c1-13-11-19(15-3-7-17(23)8-4-15)20(12-25)14(2)21(13)22(26)16-5-9-18(24)10-6-16/h3-11H,1-2H3. The first-order valence-corrected chi connectivity index (χ1v) is 8.78. The molecule has 0 saturated heterocycles. The van der Waals surface area contributed by atoms with Gasteiger partial charge in [0.2, 0.25) is 0 Å². The van der Waals surface area contributed by atoms with Crippen molar-refractivity contribution in [3.8, 4) is 17.2 Å². The van der Waals surface area contributed by atoms with Crippen LogP contribution in [0.1, 0.15) is 32.6 Å². The van der Waals surface area contributed by atoms with Crippen LogP contribution >= 0.6 is 23.2 Å². The van der Waals surface area contributed by atoms with Gasteiger partial charge in [0.1, 0.15) is 6.07 Å². The monoisotopic (exact) mass is 379 g/mol. The Bertz CT molecular complexity index is 1030. The molecule has 0 aliphatic rings. The van der Waals surface area contributed by atoms with Crippen molar-refractivity contribution < 1.29 is 4.79 Å². The third-order valence-corrected chi connectivity index (χ3v) is 4.88. The molecule has 0 unspecified atom stereocenters. The number of nitrogens with zero attached hydrogens (tertiary/aromatic N) is 1. The van der Waals surface area contributed by atoms with Gasteiger partial charge in [-0.05, 0) is 73.0 Å². The first kappa shape index (κ1) is 18.2. The van der Waals surface area contributed by atoms with E-state index in [2.05, 4.69) is 6.07 Å². The molecule has 26 heavy (non-hydrogen) atoms. The van der Waals surface area contributed by atoms with Gasteiger partial charge in [-0.1, -0.05) is 35.3 Å². The molecule has 0 aliphatic heterocycles. The summed E-state index contributed by atoms with van der Waals surface area (Å²) in [6.07, 6.45) is 0. The quantitative estimate of drug-likeness (QED) is 0.495. The maximum atomic E-state index is 13.0. The average molecular weight is 380 g/mol. The Hall–Kier alpha value is -2.60. The number of carbonyl (C=O) groups excluding carboxylic acids is 1. The summed E-state index contributed by atoms with van der Waals surface area (Å²) < 4.78 is 0. The van der Waals surface area contributed by atoms with Crippen LogP contribution in [0.4, 0.5) is 0 Å². The lowest BCUT2D eigenvalue weighted by molar-refractivity contribution is 0.103. The zero-order valence-corrected chi connectivity index (χ0v) is 15.8. The van der Waals surface area contributed by atoms with Gasteiger partial charge in [-0.15, -0.1) is 0 Å². The van der Waals surface area contributed by atoms with Gasteiger partial charge in [0.25, 0.3) is 0 Å². The molecule has 3 rings (SSSR count). The Morgan fingerprint density at radius 2 is 1.46 bits per heavy atom. The molecule has 0 heterocycles. The van der Waals surface area contributed by atoms with Gasteiger partial charge in [0.05, 0.1) is 5.56 Å². The highest BCUT2D eigenvalue weighted by Crippen LogP contribution is 2.32. The van der Waals surface area contributed by atoms with Crippen LogP contribution in [-0.2, 0) is 0 Å². The maximum Gasteiger partial charge on any atom is 0.193 e. The third kappa shape index (κ3) is 3.37. The minimum Gasteiger partial charge on any atom is -0.289 e. The average Bonchev–Trinajstić information content (AvgIpc) is 2.62. The van der Waals surface area contributed by atoms with Crippen molar-refractivity contribution in [3.05, 3.63) is 92.5 Å². The van der Waals surface area contributed by atoms with Gasteiger partial charge in [-0.3, -0.25) is 4.79 Å². The SMILES string of the molecule is Cc1cc(-c2ccc(Cl)cc2)c(C#N)c(C)c1C(=O)c1ccc(Cl)cc1. The van der Waals surface area contributed by atoms with Gasteiger partial charge in [-0.25, -0.2) is 0 Å². The lowest BCUT2D eigenvalue weighted by atomic mass is 9.87. The minimum absolute atomic E-state index is 0.115. The number of halogens is 2. The number of hydrogen-bond donors (Lipinski definition) is 0. The number of carbonyl (C=O) groups is 1. The van der Waals surface area contributed by atoms with Gasteiger partial charge >= 0.3 is 0 Å². The Labute approximate surface area is 162 Å². The second kappa shape index (κ2) is 7.33. The molecule has 4 heteroatoms. The van der Waals surface area contributed by atoms with E-state index in [9.17, 15) is 10.1 Å². The molecule has 0 fully saturated rings. The molecule has 3 aromatic rings. The van der Waals surface area contributed by atoms with Crippen molar-refractivity contribution in [3.63, 3.8) is 0 Å². The molecule has 0 aliphatic carbocycles. The fourth-order valence-electron chi connectivity index (χ4n) is 3.08. The zero-order valence-electron chi connectivity index (χ0n) is 14.3. The van der Waals surface area contributed by atoms with Crippen molar-refractivity contribution in [1.82, 2.24) is 0 Å². The van der Waals surface area contributed by atoms with Crippen LogP contribution in [0.3, 0.4) is 0 Å². The maximum absolute atomic E-state index is 13.0. The van der Waals surface area contributed by atoms with Gasteiger partial charge in [0, 0.05) is 26.7 Å². The van der Waals surface area contributed by atoms with Crippen molar-refractivity contribution in [2.45, 2.75) is 13.8 Å². The van der Waals surface area contributed by atoms with Gasteiger partial charge < -0.3 is 0 Å². The molecule has 0 bridgehead atoms. The molecule has 128 valence electrons. The first-order valence-electron chi connectivity index (χ1n) is 8.03. The second-order valence-electron chi connectivity index (χ2n) is 6.07. The van der Waals surface area contributed by atoms with E-state index < -0.39 is 0 Å². The van der Waals surface area contributed by atoms with E-state index in [1.165, 1.54) is 0 Å². The molecule has 0 amide bonds. The van der Waals surface area contributed by atoms with E-state index in [0.717, 1.165) is 16.7 Å². The largest absolute Gasteiger partial charge is 0.289 e. The topological polar surface area (TPSA) is 40.9 Å². The second-order valence-corrected chi connectivity index (χ2v) is 6.94. The predicted octanol–water partition coefficient (Wildman–Crippen LogP) is 6.38. The summed E-state index contributed by atoms with van der Waals surface area (Å²) in [4.78, 5) is 13.0. The van der Waals surface area contributed by atoms with Crippen LogP contribution in [-0.4, -0.2) is 5.78 Å². The van der Waals surface area contributed by atoms with E-state index in [0.29, 0.717) is 32.3 Å². The molecule has 0 atom stereocenters. The molecular formula is C22H15Cl2NO. The third-order valence-electron chi connectivity index (χ3n) is 4.38. The summed E-state index contributed by atoms with van der Waals surface area (Å²) >= 11 is 11.9. The predicted molar refractivity (Wildman–Crippen MR) is 106 cm³/mol. The lowest BCUT2D eigenvalue weighted by Gasteiger charge is -2.15. The number of nitriles is 1. The molecule has 0 radical (unpaired) electrons. The number of aryl methyl sites for hydroxylation is 1. The summed E-state index contributed by atoms with van der Waals surface area (Å²) in [7, 11) is 0. The van der Waals surface area contributed by atoms with E-state index in [-0.39, 0.29) is 5.78 Å². The van der Waals surface area contributed by atoms with Crippen LogP contribution in [0, 0.1) is 25.2 Å². The molecule has 0 aromatic heterocycles. The molecule has 3 aromatic carbocycles. The van der Waals surface area contributed by atoms with Crippen LogP contribution in [0.25, 0.3) is 11.1 Å². The lowest BCUT2D eigenvalue weighted by Crippen LogP contribution is -2.08. The smallest absolute Gasteiger partial charge is 0.193 e. The minimum atomic E-state index is -0.115. The Kier molecular flexibility index (Phi) is 5.13. The van der Waals surface area contributed by atoms with E-state index in [1.807, 2.05) is 32.0 Å². The summed E-state index contributed by atoms with van der Waals surface area (Å²) in [6, 6.07) is 18.2. The fourth-order valence-corrected chi connectivity index (χ4v) is 3.33. The number of hydrogen-bond acceptors (Lipinski definition) is 2. The Morgan fingerprint density at radius 3 is 2.00 bits per heavy atom. The zero-order chi connectivity index (χ0) is 18.8. The molecule has 0 N–H and O–H groups in total. The number of benzene rings is 3. The van der Waals surface area contributed by atoms with Crippen LogP contribution in [0.5, 0.6) is 0 Å². The first-order chi connectivity index (χ1) is 12.4. The Balaban J connectivity index is 2.17. The molecular weight excluding hydrogens is 365 g/mol. The van der Waals surface area contributed by atoms with Crippen molar-refractivity contribution in [2.24, 2.45) is 0 Å². The Morgan fingerprint density at radius 1 is 0.923 bits per heavy atom. The highest BCUT2D eigenvalue weighted by Gasteiger charge is 2.20. The highest BCUT2D eigenvalue weighted by molar-refractivity contribution is 6.31. The van der Waals surface area contributed by atoms with E-state index >= 15 is 0 Å². The molecule has 0 spiro atoms. The van der Waals surface area contributed by atoms with Crippen molar-refractivity contribution in [2.75, 3.05) is 0 Å². The number of ketones is 1. The van der Waals surface area contributed by atoms with Crippen LogP contribution < -0.4 is 0 Å². The van der Waals surface area contributed by atoms with Crippen LogP contribution in [0.2, 0.25) is 10.0 Å². The summed E-state index contributed by atoms with van der Waals surface area (Å²) in [5.41, 5.74) is 4.79.